The monoisotopic (exact) mass is 551 g/mol. The molecule has 2 aliphatic heterocycles. The summed E-state index contributed by atoms with van der Waals surface area (Å²) in [4.78, 5) is 22.1. The second-order valence-electron chi connectivity index (χ2n) is 8.99. The SMILES string of the molecule is CCNC(=NCc1ccc(N2CC=CC2)cc1)NC1CCN(C(=O)C2CCCCC2)C1.I. The van der Waals surface area contributed by atoms with E-state index in [1.54, 1.807) is 0 Å². The van der Waals surface area contributed by atoms with Gasteiger partial charge in [-0.2, -0.15) is 0 Å². The number of likely N-dealkylation sites (tertiary alicyclic amines) is 1. The molecule has 0 aromatic heterocycles. The summed E-state index contributed by atoms with van der Waals surface area (Å²) in [5.41, 5.74) is 2.46. The zero-order chi connectivity index (χ0) is 21.5. The summed E-state index contributed by atoms with van der Waals surface area (Å²) < 4.78 is 0. The Bertz CT molecular complexity index is 780. The Balaban J connectivity index is 0.00000289. The molecule has 32 heavy (non-hydrogen) atoms. The number of aliphatic imine (C=N–C) groups is 1. The molecule has 176 valence electrons. The van der Waals surface area contributed by atoms with Crippen LogP contribution in [0.3, 0.4) is 0 Å². The van der Waals surface area contributed by atoms with Gasteiger partial charge < -0.3 is 20.4 Å². The second kappa shape index (κ2) is 12.5. The molecule has 2 fully saturated rings. The van der Waals surface area contributed by atoms with E-state index in [-0.39, 0.29) is 35.9 Å². The molecule has 1 aromatic carbocycles. The van der Waals surface area contributed by atoms with E-state index in [1.165, 1.54) is 30.5 Å². The zero-order valence-electron chi connectivity index (χ0n) is 19.3. The molecule has 0 radical (unpaired) electrons. The minimum Gasteiger partial charge on any atom is -0.364 e. The standard InChI is InChI=1S/C25H37N5O.HI/c1-2-26-25(27-18-20-10-12-23(13-11-20)29-15-6-7-16-29)28-22-14-17-30(19-22)24(31)21-8-4-3-5-9-21;/h6-7,10-13,21-22H,2-5,8-9,14-19H2,1H3,(H2,26,27,28);1H. The molecule has 0 bridgehead atoms. The van der Waals surface area contributed by atoms with Gasteiger partial charge >= 0.3 is 0 Å². The van der Waals surface area contributed by atoms with Crippen molar-refractivity contribution in [3.05, 3.63) is 42.0 Å². The lowest BCUT2D eigenvalue weighted by Gasteiger charge is -2.26. The van der Waals surface area contributed by atoms with Crippen molar-refractivity contribution in [2.24, 2.45) is 10.9 Å². The summed E-state index contributed by atoms with van der Waals surface area (Å²) in [7, 11) is 0. The molecule has 7 heteroatoms. The van der Waals surface area contributed by atoms with Crippen LogP contribution in [0, 0.1) is 5.92 Å². The summed E-state index contributed by atoms with van der Waals surface area (Å²) in [6.45, 7) is 7.19. The Morgan fingerprint density at radius 2 is 1.78 bits per heavy atom. The number of nitrogens with one attached hydrogen (secondary N) is 2. The van der Waals surface area contributed by atoms with Crippen LogP contribution in [0.15, 0.2) is 41.4 Å². The van der Waals surface area contributed by atoms with E-state index < -0.39 is 0 Å². The molecule has 2 N–H and O–H groups in total. The number of halogens is 1. The van der Waals surface area contributed by atoms with Crippen LogP contribution < -0.4 is 15.5 Å². The van der Waals surface area contributed by atoms with Crippen molar-refractivity contribution in [3.8, 4) is 0 Å². The van der Waals surface area contributed by atoms with Crippen LogP contribution in [0.5, 0.6) is 0 Å². The third-order valence-electron chi connectivity index (χ3n) is 6.68. The molecule has 4 rings (SSSR count). The highest BCUT2D eigenvalue weighted by molar-refractivity contribution is 14.0. The normalized spacial score (nSPS) is 21.5. The molecule has 1 aromatic rings. The average molecular weight is 552 g/mol. The average Bonchev–Trinajstić information content (AvgIpc) is 3.51. The van der Waals surface area contributed by atoms with E-state index in [2.05, 4.69) is 63.8 Å². The van der Waals surface area contributed by atoms with Crippen molar-refractivity contribution in [1.82, 2.24) is 15.5 Å². The van der Waals surface area contributed by atoms with Gasteiger partial charge in [0.05, 0.1) is 6.54 Å². The van der Waals surface area contributed by atoms with E-state index in [4.69, 9.17) is 4.99 Å². The first-order valence-electron chi connectivity index (χ1n) is 12.1. The fourth-order valence-corrected chi connectivity index (χ4v) is 4.87. The zero-order valence-corrected chi connectivity index (χ0v) is 21.6. The van der Waals surface area contributed by atoms with Crippen molar-refractivity contribution < 1.29 is 4.79 Å². The number of rotatable bonds is 6. The molecular weight excluding hydrogens is 513 g/mol. The fraction of sp³-hybridized carbons (Fsp3) is 0.600. The van der Waals surface area contributed by atoms with E-state index in [9.17, 15) is 4.79 Å². The van der Waals surface area contributed by atoms with E-state index in [0.29, 0.717) is 12.5 Å². The summed E-state index contributed by atoms with van der Waals surface area (Å²) in [5, 5.41) is 6.92. The number of guanidine groups is 1. The third kappa shape index (κ3) is 6.62. The van der Waals surface area contributed by atoms with Crippen LogP contribution in [-0.2, 0) is 11.3 Å². The number of carbonyl (C=O) groups excluding carboxylic acids is 1. The first-order chi connectivity index (χ1) is 15.2. The molecule has 1 aliphatic carbocycles. The second-order valence-corrected chi connectivity index (χ2v) is 8.99. The first-order valence-corrected chi connectivity index (χ1v) is 12.1. The van der Waals surface area contributed by atoms with Gasteiger partial charge in [-0.1, -0.05) is 43.5 Å². The molecule has 1 atom stereocenters. The summed E-state index contributed by atoms with van der Waals surface area (Å²) >= 11 is 0. The number of anilines is 1. The largest absolute Gasteiger partial charge is 0.364 e. The van der Waals surface area contributed by atoms with Crippen LogP contribution in [0.25, 0.3) is 0 Å². The van der Waals surface area contributed by atoms with Crippen LogP contribution in [-0.4, -0.2) is 55.5 Å². The molecule has 1 amide bonds. The van der Waals surface area contributed by atoms with Crippen LogP contribution in [0.1, 0.15) is 51.0 Å². The number of hydrogen-bond donors (Lipinski definition) is 2. The Morgan fingerprint density at radius 3 is 2.47 bits per heavy atom. The first kappa shape index (κ1) is 24.9. The van der Waals surface area contributed by atoms with Gasteiger partial charge in [0.1, 0.15) is 0 Å². The molecular formula is C25H38IN5O. The van der Waals surface area contributed by atoms with Crippen molar-refractivity contribution >= 4 is 41.5 Å². The predicted octanol–water partition coefficient (Wildman–Crippen LogP) is 3.92. The van der Waals surface area contributed by atoms with Crippen molar-refractivity contribution in [2.45, 2.75) is 58.0 Å². The number of carbonyl (C=O) groups is 1. The maximum Gasteiger partial charge on any atom is 0.225 e. The molecule has 1 saturated heterocycles. The lowest BCUT2D eigenvalue weighted by atomic mass is 9.88. The Morgan fingerprint density at radius 1 is 1.06 bits per heavy atom. The van der Waals surface area contributed by atoms with Crippen molar-refractivity contribution in [2.75, 3.05) is 37.6 Å². The van der Waals surface area contributed by atoms with Gasteiger partial charge in [-0.05, 0) is 43.9 Å². The van der Waals surface area contributed by atoms with E-state index >= 15 is 0 Å². The van der Waals surface area contributed by atoms with Crippen LogP contribution >= 0.6 is 24.0 Å². The van der Waals surface area contributed by atoms with Gasteiger partial charge in [0, 0.05) is 50.4 Å². The molecule has 1 unspecified atom stereocenters. The van der Waals surface area contributed by atoms with Crippen molar-refractivity contribution in [3.63, 3.8) is 0 Å². The van der Waals surface area contributed by atoms with Gasteiger partial charge in [0.15, 0.2) is 5.96 Å². The fourth-order valence-electron chi connectivity index (χ4n) is 4.87. The number of nitrogens with zero attached hydrogens (tertiary/aromatic N) is 3. The molecule has 2 heterocycles. The number of hydrogen-bond acceptors (Lipinski definition) is 3. The number of benzene rings is 1. The highest BCUT2D eigenvalue weighted by Gasteiger charge is 2.31. The topological polar surface area (TPSA) is 60.0 Å². The van der Waals surface area contributed by atoms with Crippen LogP contribution in [0.4, 0.5) is 5.69 Å². The Hall–Kier alpha value is -1.77. The Labute approximate surface area is 209 Å². The quantitative estimate of drug-likeness (QED) is 0.244. The van der Waals surface area contributed by atoms with E-state index in [1.807, 2.05) is 0 Å². The third-order valence-corrected chi connectivity index (χ3v) is 6.68. The predicted molar refractivity (Wildman–Crippen MR) is 143 cm³/mol. The minimum absolute atomic E-state index is 0. The lowest BCUT2D eigenvalue weighted by Crippen LogP contribution is -2.45. The smallest absolute Gasteiger partial charge is 0.225 e. The Kier molecular flexibility index (Phi) is 9.69. The molecule has 0 spiro atoms. The van der Waals surface area contributed by atoms with Crippen LogP contribution in [0.2, 0.25) is 0 Å². The molecule has 1 saturated carbocycles. The van der Waals surface area contributed by atoms with Crippen molar-refractivity contribution in [1.29, 1.82) is 0 Å². The van der Waals surface area contributed by atoms with Gasteiger partial charge in [0.2, 0.25) is 5.91 Å². The molecule has 6 nitrogen and oxygen atoms in total. The highest BCUT2D eigenvalue weighted by atomic mass is 127. The number of amides is 1. The summed E-state index contributed by atoms with van der Waals surface area (Å²) in [6.07, 6.45) is 11.3. The van der Waals surface area contributed by atoms with Gasteiger partial charge in [-0.15, -0.1) is 24.0 Å². The van der Waals surface area contributed by atoms with E-state index in [0.717, 1.165) is 57.9 Å². The lowest BCUT2D eigenvalue weighted by molar-refractivity contribution is -0.135. The van der Waals surface area contributed by atoms with Gasteiger partial charge in [-0.3, -0.25) is 4.79 Å². The maximum atomic E-state index is 12.8. The highest BCUT2D eigenvalue weighted by Crippen LogP contribution is 2.26. The summed E-state index contributed by atoms with van der Waals surface area (Å²) in [6, 6.07) is 8.98. The van der Waals surface area contributed by atoms with Gasteiger partial charge in [-0.25, -0.2) is 4.99 Å². The summed E-state index contributed by atoms with van der Waals surface area (Å²) in [5.74, 6) is 1.47. The minimum atomic E-state index is 0. The van der Waals surface area contributed by atoms with Gasteiger partial charge in [0.25, 0.3) is 0 Å². The molecule has 3 aliphatic rings. The maximum absolute atomic E-state index is 12.8.